The van der Waals surface area contributed by atoms with Crippen molar-refractivity contribution in [3.05, 3.63) is 96.1 Å². The van der Waals surface area contributed by atoms with Crippen LogP contribution in [0.25, 0.3) is 0 Å². The fourth-order valence-electron chi connectivity index (χ4n) is 4.05. The number of benzodiazepines with no additional fused rings is 1. The third-order valence-corrected chi connectivity index (χ3v) is 5.77. The molecule has 1 unspecified atom stereocenters. The van der Waals surface area contributed by atoms with Crippen LogP contribution in [-0.2, 0) is 20.9 Å². The van der Waals surface area contributed by atoms with Crippen molar-refractivity contribution in [3.63, 3.8) is 0 Å². The molecule has 4 N–H and O–H groups in total. The van der Waals surface area contributed by atoms with Gasteiger partial charge in [-0.1, -0.05) is 66.7 Å². The number of hydrogen-bond donors (Lipinski definition) is 2. The molecule has 0 saturated carbocycles. The summed E-state index contributed by atoms with van der Waals surface area (Å²) in [5.74, 6) is -0.560. The van der Waals surface area contributed by atoms with Gasteiger partial charge in [-0.15, -0.1) is 0 Å². The molecular weight excluding hydrogens is 482 g/mol. The molecule has 1 aliphatic heterocycles. The highest BCUT2D eigenvalue weighted by atomic mass is 16.5. The number of nitrogens with two attached hydrogens (primary N) is 2. The minimum Gasteiger partial charge on any atom is -0.445 e. The van der Waals surface area contributed by atoms with Crippen LogP contribution >= 0.6 is 0 Å². The first-order valence-corrected chi connectivity index (χ1v) is 12.2. The summed E-state index contributed by atoms with van der Waals surface area (Å²) in [6.07, 6.45) is -1.76. The number of para-hydroxylation sites is 2. The molecule has 0 fully saturated rings. The number of nitrogens with zero attached hydrogens (tertiary/aromatic N) is 3. The van der Waals surface area contributed by atoms with E-state index < -0.39 is 12.3 Å². The lowest BCUT2D eigenvalue weighted by atomic mass is 10.1. The molecule has 3 aromatic carbocycles. The van der Waals surface area contributed by atoms with E-state index in [1.807, 2.05) is 106 Å². The second-order valence-corrected chi connectivity index (χ2v) is 8.89. The molecule has 3 aromatic rings. The highest BCUT2D eigenvalue weighted by Gasteiger charge is 2.31. The van der Waals surface area contributed by atoms with Gasteiger partial charge < -0.3 is 21.1 Å². The number of benzene rings is 3. The molecule has 9 heteroatoms. The Morgan fingerprint density at radius 1 is 0.974 bits per heavy atom. The van der Waals surface area contributed by atoms with Gasteiger partial charge in [0.1, 0.15) is 13.2 Å². The molecule has 1 heterocycles. The van der Waals surface area contributed by atoms with Crippen molar-refractivity contribution in [1.29, 1.82) is 0 Å². The predicted molar refractivity (Wildman–Crippen MR) is 149 cm³/mol. The number of rotatable bonds is 6. The molecule has 0 bridgehead atoms. The predicted octanol–water partition coefficient (Wildman–Crippen LogP) is 3.85. The van der Waals surface area contributed by atoms with Crippen LogP contribution < -0.4 is 21.3 Å². The highest BCUT2D eigenvalue weighted by molar-refractivity contribution is 6.14. The Morgan fingerprint density at radius 2 is 1.55 bits per heavy atom. The van der Waals surface area contributed by atoms with Gasteiger partial charge in [-0.2, -0.15) is 0 Å². The van der Waals surface area contributed by atoms with Crippen LogP contribution in [0.4, 0.5) is 16.2 Å². The monoisotopic (exact) mass is 515 g/mol. The molecule has 0 radical (unpaired) electrons. The zero-order chi connectivity index (χ0) is 27.7. The minimum atomic E-state index is -1.02. The van der Waals surface area contributed by atoms with Gasteiger partial charge in [0.15, 0.2) is 6.17 Å². The molecule has 9 nitrogen and oxygen atoms in total. The topological polar surface area (TPSA) is 131 Å². The van der Waals surface area contributed by atoms with Crippen molar-refractivity contribution in [2.24, 2.45) is 16.5 Å². The van der Waals surface area contributed by atoms with Crippen LogP contribution in [0, 0.1) is 0 Å². The second-order valence-electron chi connectivity index (χ2n) is 8.89. The molecule has 1 aliphatic rings. The summed E-state index contributed by atoms with van der Waals surface area (Å²) >= 11 is 0. The van der Waals surface area contributed by atoms with Crippen molar-refractivity contribution in [1.82, 2.24) is 0 Å². The first-order valence-electron chi connectivity index (χ1n) is 12.2. The molecule has 4 rings (SSSR count). The van der Waals surface area contributed by atoms with E-state index in [0.717, 1.165) is 16.8 Å². The smallest absolute Gasteiger partial charge is 0.404 e. The Labute approximate surface area is 222 Å². The number of primary amides is 1. The molecule has 38 heavy (non-hydrogen) atoms. The number of amides is 3. The number of aliphatic imine (C=N–C) groups is 1. The summed E-state index contributed by atoms with van der Waals surface area (Å²) in [7, 11) is 0. The maximum absolute atomic E-state index is 13.2. The Morgan fingerprint density at radius 3 is 2.16 bits per heavy atom. The van der Waals surface area contributed by atoms with E-state index in [9.17, 15) is 14.4 Å². The summed E-state index contributed by atoms with van der Waals surface area (Å²) in [4.78, 5) is 43.6. The molecule has 3 amide bonds. The lowest BCUT2D eigenvalue weighted by molar-refractivity contribution is -0.123. The van der Waals surface area contributed by atoms with E-state index in [0.29, 0.717) is 11.4 Å². The quantitative estimate of drug-likeness (QED) is 0.515. The average Bonchev–Trinajstić information content (AvgIpc) is 2.99. The van der Waals surface area contributed by atoms with Crippen molar-refractivity contribution >= 4 is 35.0 Å². The molecule has 198 valence electrons. The Bertz CT molecular complexity index is 1280. The Balaban J connectivity index is 0.000000304. The summed E-state index contributed by atoms with van der Waals surface area (Å²) in [5.41, 5.74) is 14.6. The summed E-state index contributed by atoms with van der Waals surface area (Å²) in [5, 5.41) is 0. The van der Waals surface area contributed by atoms with Gasteiger partial charge in [-0.3, -0.25) is 19.5 Å². The summed E-state index contributed by atoms with van der Waals surface area (Å²) in [6, 6.07) is 26.2. The average molecular weight is 516 g/mol. The van der Waals surface area contributed by atoms with Crippen molar-refractivity contribution in [2.75, 3.05) is 16.3 Å². The summed E-state index contributed by atoms with van der Waals surface area (Å²) in [6.45, 7) is 5.86. The van der Waals surface area contributed by atoms with Crippen LogP contribution in [-0.4, -0.2) is 42.4 Å². The highest BCUT2D eigenvalue weighted by Crippen LogP contribution is 2.26. The van der Waals surface area contributed by atoms with Gasteiger partial charge in [0.2, 0.25) is 5.91 Å². The number of anilines is 2. The third-order valence-electron chi connectivity index (χ3n) is 5.77. The first-order chi connectivity index (χ1) is 18.2. The Kier molecular flexibility index (Phi) is 9.72. The van der Waals surface area contributed by atoms with Crippen molar-refractivity contribution < 1.29 is 19.1 Å². The molecule has 1 atom stereocenters. The molecule has 0 spiro atoms. The van der Waals surface area contributed by atoms with Gasteiger partial charge in [-0.05, 0) is 44.5 Å². The van der Waals surface area contributed by atoms with E-state index in [-0.39, 0.29) is 31.0 Å². The maximum atomic E-state index is 13.2. The van der Waals surface area contributed by atoms with Gasteiger partial charge in [0.05, 0.1) is 5.69 Å². The number of ether oxygens (including phenoxy) is 1. The van der Waals surface area contributed by atoms with E-state index in [1.54, 1.807) is 4.90 Å². The van der Waals surface area contributed by atoms with E-state index in [4.69, 9.17) is 11.5 Å². The zero-order valence-electron chi connectivity index (χ0n) is 21.8. The second kappa shape index (κ2) is 13.2. The standard InChI is InChI=1S/C21H24N4O2.C8H9NO2/c1-14(2)25(16-9-5-4-6-10-16)19(26)13-24-18-12-8-7-11-17(18)15(3)23-20(22)21(24)27;9-8(10)11-6-7-4-2-1-3-5-7/h4-12,14,20H,13,22H2,1-3H3;1-5H,6H2,(H2,9,10). The summed E-state index contributed by atoms with van der Waals surface area (Å²) < 4.78 is 4.57. The van der Waals surface area contributed by atoms with Gasteiger partial charge >= 0.3 is 6.09 Å². The fraction of sp³-hybridized carbons (Fsp3) is 0.241. The lowest BCUT2D eigenvalue weighted by Crippen LogP contribution is -2.49. The SMILES string of the molecule is CC1=NC(N)C(=O)N(CC(=O)N(c2ccccc2)C(C)C)c2ccccc21.NC(=O)OCc1ccccc1. The van der Waals surface area contributed by atoms with Crippen LogP contribution in [0.1, 0.15) is 31.9 Å². The number of fused-ring (bicyclic) bond motifs is 1. The van der Waals surface area contributed by atoms with Gasteiger partial charge in [-0.25, -0.2) is 4.79 Å². The molecule has 0 saturated heterocycles. The molecular formula is C29H33N5O4. The van der Waals surface area contributed by atoms with Crippen LogP contribution in [0.15, 0.2) is 89.9 Å². The third kappa shape index (κ3) is 7.27. The number of hydrogen-bond acceptors (Lipinski definition) is 6. The van der Waals surface area contributed by atoms with Gasteiger partial charge in [0.25, 0.3) is 5.91 Å². The van der Waals surface area contributed by atoms with E-state index >= 15 is 0 Å². The number of carbonyl (C=O) groups excluding carboxylic acids is 3. The van der Waals surface area contributed by atoms with E-state index in [1.165, 1.54) is 4.90 Å². The number of carbonyl (C=O) groups is 3. The van der Waals surface area contributed by atoms with Gasteiger partial charge in [0, 0.05) is 23.0 Å². The van der Waals surface area contributed by atoms with Crippen molar-refractivity contribution in [2.45, 2.75) is 39.6 Å². The first kappa shape index (κ1) is 28.1. The fourth-order valence-corrected chi connectivity index (χ4v) is 4.05. The van der Waals surface area contributed by atoms with Crippen LogP contribution in [0.3, 0.4) is 0 Å². The Hall–Kier alpha value is -4.50. The largest absolute Gasteiger partial charge is 0.445 e. The van der Waals surface area contributed by atoms with Crippen LogP contribution in [0.5, 0.6) is 0 Å². The van der Waals surface area contributed by atoms with Crippen molar-refractivity contribution in [3.8, 4) is 0 Å². The molecule has 0 aromatic heterocycles. The zero-order valence-corrected chi connectivity index (χ0v) is 21.8. The lowest BCUT2D eigenvalue weighted by Gasteiger charge is -2.31. The van der Waals surface area contributed by atoms with Crippen LogP contribution in [0.2, 0.25) is 0 Å². The maximum Gasteiger partial charge on any atom is 0.404 e. The molecule has 0 aliphatic carbocycles. The normalized spacial score (nSPS) is 14.4. The minimum absolute atomic E-state index is 0.0520. The van der Waals surface area contributed by atoms with E-state index in [2.05, 4.69) is 9.73 Å².